The molecule has 0 unspecified atom stereocenters. The van der Waals surface area contributed by atoms with Crippen LogP contribution in [0.15, 0.2) is 4.42 Å². The molecule has 0 spiro atoms. The SMILES string of the molecule is Cc1c(C(=O)N[C@H](C)CC[C@H]2CCCO2)oc2c1C(=O)CC(C)(C)C2. The first kappa shape index (κ1) is 18.2. The van der Waals surface area contributed by atoms with Gasteiger partial charge in [-0.25, -0.2) is 0 Å². The quantitative estimate of drug-likeness (QED) is 0.879. The maximum atomic E-state index is 12.6. The number of hydrogen-bond donors (Lipinski definition) is 1. The third-order valence-corrected chi connectivity index (χ3v) is 5.31. The molecule has 2 aliphatic rings. The van der Waals surface area contributed by atoms with E-state index in [0.717, 1.165) is 32.3 Å². The van der Waals surface area contributed by atoms with Crippen molar-refractivity contribution in [2.24, 2.45) is 5.41 Å². The molecule has 1 saturated heterocycles. The second-order valence-corrected chi connectivity index (χ2v) is 8.38. The lowest BCUT2D eigenvalue weighted by molar-refractivity contribution is 0.0865. The van der Waals surface area contributed by atoms with Gasteiger partial charge in [0, 0.05) is 31.1 Å². The fourth-order valence-electron chi connectivity index (χ4n) is 3.97. The van der Waals surface area contributed by atoms with Crippen molar-refractivity contribution in [3.8, 4) is 0 Å². The van der Waals surface area contributed by atoms with Gasteiger partial charge in [0.05, 0.1) is 11.7 Å². The molecule has 1 aliphatic carbocycles. The van der Waals surface area contributed by atoms with Gasteiger partial charge in [-0.1, -0.05) is 13.8 Å². The highest BCUT2D eigenvalue weighted by Crippen LogP contribution is 2.38. The molecule has 1 aliphatic heterocycles. The lowest BCUT2D eigenvalue weighted by Gasteiger charge is -2.27. The molecule has 1 amide bonds. The molecular weight excluding hydrogens is 318 g/mol. The summed E-state index contributed by atoms with van der Waals surface area (Å²) in [7, 11) is 0. The Morgan fingerprint density at radius 1 is 1.36 bits per heavy atom. The second kappa shape index (κ2) is 6.94. The lowest BCUT2D eigenvalue weighted by Crippen LogP contribution is -2.33. The predicted molar refractivity (Wildman–Crippen MR) is 95.0 cm³/mol. The van der Waals surface area contributed by atoms with Crippen molar-refractivity contribution in [1.29, 1.82) is 0 Å². The summed E-state index contributed by atoms with van der Waals surface area (Å²) in [6.07, 6.45) is 5.60. The van der Waals surface area contributed by atoms with Crippen LogP contribution in [0.1, 0.15) is 85.1 Å². The van der Waals surface area contributed by atoms with Crippen LogP contribution in [0.3, 0.4) is 0 Å². The lowest BCUT2D eigenvalue weighted by atomic mass is 9.76. The molecule has 1 aromatic heterocycles. The first-order valence-electron chi connectivity index (χ1n) is 9.35. The van der Waals surface area contributed by atoms with Crippen LogP contribution in [-0.4, -0.2) is 30.4 Å². The van der Waals surface area contributed by atoms with E-state index < -0.39 is 0 Å². The highest BCUT2D eigenvalue weighted by atomic mass is 16.5. The number of carbonyl (C=O) groups excluding carboxylic acids is 2. The van der Waals surface area contributed by atoms with Gasteiger partial charge in [-0.3, -0.25) is 9.59 Å². The van der Waals surface area contributed by atoms with Crippen molar-refractivity contribution in [1.82, 2.24) is 5.32 Å². The van der Waals surface area contributed by atoms with Crippen LogP contribution < -0.4 is 5.32 Å². The summed E-state index contributed by atoms with van der Waals surface area (Å²) >= 11 is 0. The standard InChI is InChI=1S/C20H29NO4/c1-12(7-8-14-6-5-9-24-14)21-19(23)18-13(2)17-15(22)10-20(3,4)11-16(17)25-18/h12,14H,5-11H2,1-4H3,(H,21,23)/t12-,14-/m1/s1. The molecule has 3 rings (SSSR count). The molecule has 1 fully saturated rings. The maximum absolute atomic E-state index is 12.6. The van der Waals surface area contributed by atoms with E-state index in [1.165, 1.54) is 0 Å². The smallest absolute Gasteiger partial charge is 0.287 e. The Hall–Kier alpha value is -1.62. The summed E-state index contributed by atoms with van der Waals surface area (Å²) in [6, 6.07) is 0.0466. The molecule has 0 radical (unpaired) electrons. The average Bonchev–Trinajstić information content (AvgIpc) is 3.11. The Morgan fingerprint density at radius 3 is 2.80 bits per heavy atom. The monoisotopic (exact) mass is 347 g/mol. The molecular formula is C20H29NO4. The molecule has 2 atom stereocenters. The molecule has 1 aromatic rings. The number of Topliss-reactive ketones (excluding diaryl/α,β-unsaturated/α-hetero) is 1. The summed E-state index contributed by atoms with van der Waals surface area (Å²) in [4.78, 5) is 25.0. The van der Waals surface area contributed by atoms with E-state index in [1.807, 2.05) is 13.8 Å². The Balaban J connectivity index is 1.65. The summed E-state index contributed by atoms with van der Waals surface area (Å²) in [5.41, 5.74) is 1.19. The molecule has 138 valence electrons. The van der Waals surface area contributed by atoms with Gasteiger partial charge in [0.25, 0.3) is 5.91 Å². The molecule has 5 heteroatoms. The van der Waals surface area contributed by atoms with Crippen molar-refractivity contribution < 1.29 is 18.7 Å². The van der Waals surface area contributed by atoms with E-state index in [1.54, 1.807) is 0 Å². The van der Waals surface area contributed by atoms with Crippen LogP contribution in [0.4, 0.5) is 0 Å². The minimum atomic E-state index is -0.225. The summed E-state index contributed by atoms with van der Waals surface area (Å²) in [6.45, 7) is 8.77. The zero-order chi connectivity index (χ0) is 18.2. The Kier molecular flexibility index (Phi) is 5.05. The number of ketones is 1. The highest BCUT2D eigenvalue weighted by Gasteiger charge is 2.37. The Bertz CT molecular complexity index is 667. The van der Waals surface area contributed by atoms with E-state index in [0.29, 0.717) is 41.6 Å². The minimum absolute atomic E-state index is 0.0466. The van der Waals surface area contributed by atoms with E-state index in [9.17, 15) is 9.59 Å². The predicted octanol–water partition coefficient (Wildman–Crippen LogP) is 3.82. The van der Waals surface area contributed by atoms with Crippen LogP contribution >= 0.6 is 0 Å². The number of fused-ring (bicyclic) bond motifs is 1. The van der Waals surface area contributed by atoms with Gasteiger partial charge in [0.2, 0.25) is 0 Å². The Labute approximate surface area is 149 Å². The molecule has 1 N–H and O–H groups in total. The topological polar surface area (TPSA) is 68.5 Å². The van der Waals surface area contributed by atoms with Crippen LogP contribution in [-0.2, 0) is 11.2 Å². The zero-order valence-electron chi connectivity index (χ0n) is 15.7. The van der Waals surface area contributed by atoms with Gasteiger partial charge in [-0.2, -0.15) is 0 Å². The number of carbonyl (C=O) groups is 2. The Morgan fingerprint density at radius 2 is 2.12 bits per heavy atom. The fourth-order valence-corrected chi connectivity index (χ4v) is 3.97. The van der Waals surface area contributed by atoms with Gasteiger partial charge in [0.15, 0.2) is 11.5 Å². The first-order chi connectivity index (χ1) is 11.8. The fraction of sp³-hybridized carbons (Fsp3) is 0.700. The largest absolute Gasteiger partial charge is 0.455 e. The van der Waals surface area contributed by atoms with E-state index in [2.05, 4.69) is 19.2 Å². The van der Waals surface area contributed by atoms with Crippen molar-refractivity contribution >= 4 is 11.7 Å². The van der Waals surface area contributed by atoms with E-state index >= 15 is 0 Å². The number of rotatable bonds is 5. The van der Waals surface area contributed by atoms with E-state index in [-0.39, 0.29) is 23.1 Å². The van der Waals surface area contributed by atoms with Gasteiger partial charge in [0.1, 0.15) is 5.76 Å². The first-order valence-corrected chi connectivity index (χ1v) is 9.35. The van der Waals surface area contributed by atoms with Crippen molar-refractivity contribution in [3.05, 3.63) is 22.6 Å². The number of amides is 1. The number of nitrogens with one attached hydrogen (secondary N) is 1. The minimum Gasteiger partial charge on any atom is -0.455 e. The van der Waals surface area contributed by atoms with Crippen LogP contribution in [0.2, 0.25) is 0 Å². The highest BCUT2D eigenvalue weighted by molar-refractivity contribution is 6.03. The zero-order valence-corrected chi connectivity index (χ0v) is 15.7. The van der Waals surface area contributed by atoms with Crippen LogP contribution in [0.5, 0.6) is 0 Å². The molecule has 2 heterocycles. The van der Waals surface area contributed by atoms with Gasteiger partial charge >= 0.3 is 0 Å². The number of hydrogen-bond acceptors (Lipinski definition) is 4. The third kappa shape index (κ3) is 3.97. The van der Waals surface area contributed by atoms with Gasteiger partial charge in [-0.15, -0.1) is 0 Å². The van der Waals surface area contributed by atoms with Gasteiger partial charge < -0.3 is 14.5 Å². The summed E-state index contributed by atoms with van der Waals surface area (Å²) in [5.74, 6) is 0.811. The average molecular weight is 347 g/mol. The second-order valence-electron chi connectivity index (χ2n) is 8.38. The third-order valence-electron chi connectivity index (χ3n) is 5.31. The van der Waals surface area contributed by atoms with Crippen molar-refractivity contribution in [3.63, 3.8) is 0 Å². The van der Waals surface area contributed by atoms with Crippen LogP contribution in [0, 0.1) is 12.3 Å². The number of ether oxygens (including phenoxy) is 1. The molecule has 0 saturated carbocycles. The van der Waals surface area contributed by atoms with Crippen molar-refractivity contribution in [2.45, 2.75) is 78.4 Å². The molecule has 25 heavy (non-hydrogen) atoms. The summed E-state index contributed by atoms with van der Waals surface area (Å²) < 4.78 is 11.5. The molecule has 5 nitrogen and oxygen atoms in total. The maximum Gasteiger partial charge on any atom is 0.287 e. The summed E-state index contributed by atoms with van der Waals surface area (Å²) in [5, 5.41) is 3.01. The normalized spacial score (nSPS) is 23.4. The number of furan rings is 1. The molecule has 0 aromatic carbocycles. The van der Waals surface area contributed by atoms with E-state index in [4.69, 9.17) is 9.15 Å². The van der Waals surface area contributed by atoms with Crippen molar-refractivity contribution in [2.75, 3.05) is 6.61 Å². The van der Waals surface area contributed by atoms with Gasteiger partial charge in [-0.05, 0) is 44.9 Å². The van der Waals surface area contributed by atoms with Crippen LogP contribution in [0.25, 0.3) is 0 Å². The molecule has 0 bridgehead atoms.